The minimum atomic E-state index is -0.361. The largest absolute Gasteiger partial charge is 0.331 e. The summed E-state index contributed by atoms with van der Waals surface area (Å²) in [6, 6.07) is 20.0. The zero-order chi connectivity index (χ0) is 21.9. The number of nitrogens with zero attached hydrogens (tertiary/aromatic N) is 4. The third-order valence-corrected chi connectivity index (χ3v) is 5.83. The van der Waals surface area contributed by atoms with Gasteiger partial charge in [0.05, 0.1) is 27.8 Å². The van der Waals surface area contributed by atoms with Crippen molar-refractivity contribution in [3.8, 4) is 22.4 Å². The monoisotopic (exact) mass is 410 g/mol. The third-order valence-electron chi connectivity index (χ3n) is 5.83. The molecule has 0 bridgehead atoms. The maximum atomic E-state index is 13.4. The highest BCUT2D eigenvalue weighted by Gasteiger charge is 2.24. The first kappa shape index (κ1) is 19.1. The number of benzene rings is 2. The molecular weight excluding hydrogens is 388 g/mol. The van der Waals surface area contributed by atoms with Crippen molar-refractivity contribution in [2.24, 2.45) is 14.1 Å². The first-order chi connectivity index (χ1) is 14.9. The molecule has 154 valence electrons. The summed E-state index contributed by atoms with van der Waals surface area (Å²) < 4.78 is 4.54. The molecule has 0 atom stereocenters. The van der Waals surface area contributed by atoms with Crippen LogP contribution in [0.3, 0.4) is 0 Å². The van der Waals surface area contributed by atoms with Crippen molar-refractivity contribution in [3.05, 3.63) is 92.8 Å². The van der Waals surface area contributed by atoms with Gasteiger partial charge in [-0.25, -0.2) is 9.31 Å². The fourth-order valence-corrected chi connectivity index (χ4v) is 4.27. The van der Waals surface area contributed by atoms with Crippen LogP contribution < -0.4 is 11.2 Å². The first-order valence-corrected chi connectivity index (χ1v) is 10.1. The Kier molecular flexibility index (Phi) is 4.18. The molecule has 5 rings (SSSR count). The molecule has 0 radical (unpaired) electrons. The smallest absolute Gasteiger partial charge is 0.294 e. The summed E-state index contributed by atoms with van der Waals surface area (Å²) in [5.41, 5.74) is 6.11. The van der Waals surface area contributed by atoms with Crippen LogP contribution >= 0.6 is 0 Å². The molecule has 0 spiro atoms. The number of fused-ring (bicyclic) bond motifs is 3. The van der Waals surface area contributed by atoms with Crippen LogP contribution in [0.5, 0.6) is 0 Å². The lowest BCUT2D eigenvalue weighted by Gasteiger charge is -2.09. The molecule has 6 heteroatoms. The summed E-state index contributed by atoms with van der Waals surface area (Å²) in [7, 11) is 3.22. The predicted octanol–water partition coefficient (Wildman–Crippen LogP) is 3.84. The Morgan fingerprint density at radius 3 is 2.13 bits per heavy atom. The lowest BCUT2D eigenvalue weighted by molar-refractivity contribution is 0.716. The molecule has 0 aliphatic rings. The SMILES string of the molecule is Cc1ccc(-c2c3c(=O)n(C)c(=O)n(C)c3c3c(-c4ccccc4)cc(C)nn23)cc1. The fraction of sp³-hybridized carbons (Fsp3) is 0.160. The molecule has 0 fully saturated rings. The quantitative estimate of drug-likeness (QED) is 0.444. The van der Waals surface area contributed by atoms with Crippen LogP contribution in [0.4, 0.5) is 0 Å². The van der Waals surface area contributed by atoms with Crippen LogP contribution in [0.15, 0.2) is 70.3 Å². The summed E-state index contributed by atoms with van der Waals surface area (Å²) >= 11 is 0. The van der Waals surface area contributed by atoms with E-state index in [9.17, 15) is 9.59 Å². The van der Waals surface area contributed by atoms with Crippen molar-refractivity contribution in [2.75, 3.05) is 0 Å². The zero-order valence-electron chi connectivity index (χ0n) is 17.9. The predicted molar refractivity (Wildman–Crippen MR) is 124 cm³/mol. The average molecular weight is 410 g/mol. The van der Waals surface area contributed by atoms with Gasteiger partial charge in [-0.1, -0.05) is 60.2 Å². The lowest BCUT2D eigenvalue weighted by Crippen LogP contribution is -2.36. The van der Waals surface area contributed by atoms with Gasteiger partial charge in [0, 0.05) is 25.2 Å². The van der Waals surface area contributed by atoms with E-state index in [-0.39, 0.29) is 11.2 Å². The standard InChI is InChI=1S/C25H22N4O2/c1-15-10-12-18(13-11-15)21-20-23(27(3)25(31)28(4)24(20)30)22-19(14-16(2)26-29(21)22)17-8-6-5-7-9-17/h5-14H,1-4H3. The Morgan fingerprint density at radius 2 is 1.45 bits per heavy atom. The summed E-state index contributed by atoms with van der Waals surface area (Å²) in [4.78, 5) is 26.2. The van der Waals surface area contributed by atoms with E-state index in [4.69, 9.17) is 5.10 Å². The van der Waals surface area contributed by atoms with Crippen molar-refractivity contribution in [2.45, 2.75) is 13.8 Å². The highest BCUT2D eigenvalue weighted by atomic mass is 16.2. The number of rotatable bonds is 2. The molecule has 3 aromatic heterocycles. The second-order valence-corrected chi connectivity index (χ2v) is 7.97. The van der Waals surface area contributed by atoms with Crippen LogP contribution in [0, 0.1) is 13.8 Å². The molecule has 2 aromatic carbocycles. The van der Waals surface area contributed by atoms with E-state index in [1.54, 1.807) is 11.6 Å². The first-order valence-electron chi connectivity index (χ1n) is 10.1. The highest BCUT2D eigenvalue weighted by Crippen LogP contribution is 2.36. The molecule has 0 amide bonds. The lowest BCUT2D eigenvalue weighted by atomic mass is 10.0. The van der Waals surface area contributed by atoms with Crippen molar-refractivity contribution < 1.29 is 0 Å². The van der Waals surface area contributed by atoms with Crippen molar-refractivity contribution in [3.63, 3.8) is 0 Å². The van der Waals surface area contributed by atoms with Crippen LogP contribution in [0.2, 0.25) is 0 Å². The summed E-state index contributed by atoms with van der Waals surface area (Å²) in [6.07, 6.45) is 0. The third kappa shape index (κ3) is 2.75. The van der Waals surface area contributed by atoms with Crippen molar-refractivity contribution in [1.29, 1.82) is 0 Å². The topological polar surface area (TPSA) is 61.3 Å². The minimum Gasteiger partial charge on any atom is -0.294 e. The van der Waals surface area contributed by atoms with Crippen LogP contribution in [-0.4, -0.2) is 18.7 Å². The normalized spacial score (nSPS) is 11.5. The van der Waals surface area contributed by atoms with Crippen molar-refractivity contribution >= 4 is 16.4 Å². The summed E-state index contributed by atoms with van der Waals surface area (Å²) in [5.74, 6) is 0. The molecule has 0 aliphatic heterocycles. The average Bonchev–Trinajstić information content (AvgIpc) is 3.12. The molecular formula is C25H22N4O2. The van der Waals surface area contributed by atoms with Crippen LogP contribution in [0.1, 0.15) is 11.3 Å². The second-order valence-electron chi connectivity index (χ2n) is 7.97. The van der Waals surface area contributed by atoms with Crippen molar-refractivity contribution in [1.82, 2.24) is 18.7 Å². The molecule has 3 heterocycles. The molecule has 0 unspecified atom stereocenters. The molecule has 31 heavy (non-hydrogen) atoms. The molecule has 0 saturated carbocycles. The van der Waals surface area contributed by atoms with E-state index in [0.29, 0.717) is 16.6 Å². The highest BCUT2D eigenvalue weighted by molar-refractivity contribution is 6.08. The Labute approximate surface area is 178 Å². The maximum absolute atomic E-state index is 13.4. The van der Waals surface area contributed by atoms with Gasteiger partial charge in [0.2, 0.25) is 0 Å². The van der Waals surface area contributed by atoms with Gasteiger partial charge in [0.15, 0.2) is 0 Å². The molecule has 0 aliphatic carbocycles. The van der Waals surface area contributed by atoms with E-state index >= 15 is 0 Å². The van der Waals surface area contributed by atoms with E-state index in [0.717, 1.165) is 38.0 Å². The second kappa shape index (κ2) is 6.80. The zero-order valence-corrected chi connectivity index (χ0v) is 17.9. The number of aromatic nitrogens is 4. The number of aryl methyl sites for hydroxylation is 3. The van der Waals surface area contributed by atoms with Gasteiger partial charge >= 0.3 is 5.69 Å². The van der Waals surface area contributed by atoms with Crippen LogP contribution in [-0.2, 0) is 14.1 Å². The van der Waals surface area contributed by atoms with E-state index < -0.39 is 0 Å². The number of hydrogen-bond donors (Lipinski definition) is 0. The van der Waals surface area contributed by atoms with E-state index in [2.05, 4.69) is 0 Å². The van der Waals surface area contributed by atoms with Gasteiger partial charge in [-0.15, -0.1) is 0 Å². The molecule has 0 N–H and O–H groups in total. The minimum absolute atomic E-state index is 0.323. The molecule has 6 nitrogen and oxygen atoms in total. The summed E-state index contributed by atoms with van der Waals surface area (Å²) in [6.45, 7) is 3.96. The van der Waals surface area contributed by atoms with Gasteiger partial charge in [0.1, 0.15) is 0 Å². The van der Waals surface area contributed by atoms with Gasteiger partial charge in [0.25, 0.3) is 5.56 Å². The number of hydrogen-bond acceptors (Lipinski definition) is 3. The van der Waals surface area contributed by atoms with Gasteiger partial charge in [-0.05, 0) is 25.5 Å². The Bertz CT molecular complexity index is 1590. The van der Waals surface area contributed by atoms with Gasteiger partial charge < -0.3 is 0 Å². The molecule has 5 aromatic rings. The Hall–Kier alpha value is -3.93. The van der Waals surface area contributed by atoms with Gasteiger partial charge in [-0.3, -0.25) is 13.9 Å². The van der Waals surface area contributed by atoms with Gasteiger partial charge in [-0.2, -0.15) is 5.10 Å². The van der Waals surface area contributed by atoms with E-state index in [1.165, 1.54) is 7.05 Å². The van der Waals surface area contributed by atoms with E-state index in [1.807, 2.05) is 79.0 Å². The maximum Gasteiger partial charge on any atom is 0.331 e. The summed E-state index contributed by atoms with van der Waals surface area (Å²) in [5, 5.41) is 5.28. The molecule has 0 saturated heterocycles. The van der Waals surface area contributed by atoms with Crippen LogP contribution in [0.25, 0.3) is 38.8 Å². The fourth-order valence-electron chi connectivity index (χ4n) is 4.27. The Morgan fingerprint density at radius 1 is 0.774 bits per heavy atom. The Balaban J connectivity index is 2.11.